The number of halogens is 1. The lowest BCUT2D eigenvalue weighted by Gasteiger charge is -2.06. The fourth-order valence-corrected chi connectivity index (χ4v) is 2.15. The summed E-state index contributed by atoms with van der Waals surface area (Å²) in [4.78, 5) is 0. The van der Waals surface area contributed by atoms with Crippen LogP contribution in [0, 0.1) is 11.3 Å². The van der Waals surface area contributed by atoms with Crippen LogP contribution in [0.5, 0.6) is 0 Å². The molecule has 1 aromatic carbocycles. The first-order chi connectivity index (χ1) is 7.79. The zero-order valence-corrected chi connectivity index (χ0v) is 10.5. The highest BCUT2D eigenvalue weighted by molar-refractivity contribution is 9.10. The van der Waals surface area contributed by atoms with Crippen molar-refractivity contribution in [3.63, 3.8) is 0 Å². The van der Waals surface area contributed by atoms with Crippen LogP contribution in [0.3, 0.4) is 0 Å². The summed E-state index contributed by atoms with van der Waals surface area (Å²) in [5, 5.41) is 17.8. The largest absolute Gasteiger partial charge is 0.378 e. The highest BCUT2D eigenvalue weighted by Crippen LogP contribution is 2.23. The average molecular weight is 295 g/mol. The highest BCUT2D eigenvalue weighted by atomic mass is 79.9. The fraction of sp³-hybridized carbons (Fsp3) is 0.100. The summed E-state index contributed by atoms with van der Waals surface area (Å²) in [6.07, 6.45) is 0. The topological polar surface area (TPSA) is 61.6 Å². The molecule has 1 heterocycles. The van der Waals surface area contributed by atoms with Crippen molar-refractivity contribution in [1.82, 2.24) is 9.59 Å². The Balaban J connectivity index is 2.08. The SMILES string of the molecule is N#Cc1ccc(NCc2csnn2)c(Br)c1. The molecule has 2 aromatic rings. The first kappa shape index (κ1) is 11.0. The zero-order valence-electron chi connectivity index (χ0n) is 8.14. The second-order valence-electron chi connectivity index (χ2n) is 3.06. The lowest BCUT2D eigenvalue weighted by molar-refractivity contribution is 0.998. The lowest BCUT2D eigenvalue weighted by atomic mass is 10.2. The van der Waals surface area contributed by atoms with Crippen LogP contribution in [0.15, 0.2) is 28.1 Å². The third-order valence-corrected chi connectivity index (χ3v) is 3.17. The molecule has 0 atom stereocenters. The Labute approximate surface area is 105 Å². The molecule has 0 bridgehead atoms. The summed E-state index contributed by atoms with van der Waals surface area (Å²) < 4.78 is 4.65. The molecule has 1 aromatic heterocycles. The van der Waals surface area contributed by atoms with Crippen molar-refractivity contribution in [2.45, 2.75) is 6.54 Å². The quantitative estimate of drug-likeness (QED) is 0.945. The molecule has 16 heavy (non-hydrogen) atoms. The molecule has 0 radical (unpaired) electrons. The Kier molecular flexibility index (Phi) is 3.49. The maximum absolute atomic E-state index is 8.72. The first-order valence-corrected chi connectivity index (χ1v) is 6.12. The van der Waals surface area contributed by atoms with E-state index in [9.17, 15) is 0 Å². The fourth-order valence-electron chi connectivity index (χ4n) is 1.17. The van der Waals surface area contributed by atoms with Crippen LogP contribution in [0.4, 0.5) is 5.69 Å². The van der Waals surface area contributed by atoms with Crippen LogP contribution < -0.4 is 5.32 Å². The molecule has 0 amide bonds. The van der Waals surface area contributed by atoms with Gasteiger partial charge in [-0.25, -0.2) is 0 Å². The molecule has 0 aliphatic heterocycles. The molecule has 0 unspecified atom stereocenters. The Hall–Kier alpha value is -1.45. The Morgan fingerprint density at radius 1 is 1.50 bits per heavy atom. The Bertz CT molecular complexity index is 518. The van der Waals surface area contributed by atoms with Crippen molar-refractivity contribution < 1.29 is 0 Å². The van der Waals surface area contributed by atoms with Gasteiger partial charge in [0.05, 0.1) is 23.9 Å². The number of hydrogen-bond acceptors (Lipinski definition) is 5. The standard InChI is InChI=1S/C10H7BrN4S/c11-9-3-7(4-12)1-2-10(9)13-5-8-6-16-15-14-8/h1-3,6,13H,5H2. The van der Waals surface area contributed by atoms with Gasteiger partial charge in [0.2, 0.25) is 0 Å². The van der Waals surface area contributed by atoms with Gasteiger partial charge >= 0.3 is 0 Å². The third-order valence-electron chi connectivity index (χ3n) is 1.96. The van der Waals surface area contributed by atoms with Gasteiger partial charge in [0.1, 0.15) is 0 Å². The molecule has 4 nitrogen and oxygen atoms in total. The highest BCUT2D eigenvalue weighted by Gasteiger charge is 2.02. The molecular weight excluding hydrogens is 288 g/mol. The van der Waals surface area contributed by atoms with Gasteiger partial charge in [0, 0.05) is 15.5 Å². The molecule has 0 aliphatic carbocycles. The van der Waals surface area contributed by atoms with Crippen LogP contribution in [0.25, 0.3) is 0 Å². The van der Waals surface area contributed by atoms with E-state index < -0.39 is 0 Å². The molecule has 0 saturated carbocycles. The first-order valence-electron chi connectivity index (χ1n) is 4.49. The monoisotopic (exact) mass is 294 g/mol. The van der Waals surface area contributed by atoms with Crippen LogP contribution in [0.1, 0.15) is 11.3 Å². The van der Waals surface area contributed by atoms with Gasteiger partial charge in [0.15, 0.2) is 0 Å². The van der Waals surface area contributed by atoms with Gasteiger partial charge < -0.3 is 5.32 Å². The van der Waals surface area contributed by atoms with Gasteiger partial charge in [-0.3, -0.25) is 0 Å². The number of rotatable bonds is 3. The van der Waals surface area contributed by atoms with Crippen molar-refractivity contribution in [3.05, 3.63) is 39.3 Å². The summed E-state index contributed by atoms with van der Waals surface area (Å²) in [5.74, 6) is 0. The van der Waals surface area contributed by atoms with Crippen LogP contribution in [0.2, 0.25) is 0 Å². The van der Waals surface area contributed by atoms with E-state index in [1.807, 2.05) is 11.4 Å². The van der Waals surface area contributed by atoms with Crippen LogP contribution in [-0.4, -0.2) is 9.59 Å². The predicted molar refractivity (Wildman–Crippen MR) is 66.1 cm³/mol. The van der Waals surface area contributed by atoms with E-state index in [4.69, 9.17) is 5.26 Å². The lowest BCUT2D eigenvalue weighted by Crippen LogP contribution is -2.00. The number of nitrogens with zero attached hydrogens (tertiary/aromatic N) is 3. The van der Waals surface area contributed by atoms with Gasteiger partial charge in [0.25, 0.3) is 0 Å². The van der Waals surface area contributed by atoms with E-state index in [1.54, 1.807) is 12.1 Å². The van der Waals surface area contributed by atoms with Crippen LogP contribution in [-0.2, 0) is 6.54 Å². The molecular formula is C10H7BrN4S. The maximum atomic E-state index is 8.72. The van der Waals surface area contributed by atoms with Gasteiger partial charge in [-0.05, 0) is 45.7 Å². The second kappa shape index (κ2) is 5.05. The molecule has 2 rings (SSSR count). The molecule has 0 aliphatic rings. The zero-order chi connectivity index (χ0) is 11.4. The van der Waals surface area contributed by atoms with Gasteiger partial charge in [-0.15, -0.1) is 5.10 Å². The number of aromatic nitrogens is 2. The molecule has 0 spiro atoms. The number of anilines is 1. The maximum Gasteiger partial charge on any atom is 0.0992 e. The second-order valence-corrected chi connectivity index (χ2v) is 4.52. The van der Waals surface area contributed by atoms with Crippen molar-refractivity contribution in [2.75, 3.05) is 5.32 Å². The van der Waals surface area contributed by atoms with Crippen LogP contribution >= 0.6 is 27.5 Å². The van der Waals surface area contributed by atoms with Crippen molar-refractivity contribution in [3.8, 4) is 6.07 Å². The van der Waals surface area contributed by atoms with E-state index in [1.165, 1.54) is 11.5 Å². The predicted octanol–water partition coefficient (Wildman–Crippen LogP) is 2.78. The summed E-state index contributed by atoms with van der Waals surface area (Å²) in [6.45, 7) is 0.626. The molecule has 0 saturated heterocycles. The molecule has 6 heteroatoms. The van der Waals surface area contributed by atoms with Crippen molar-refractivity contribution in [1.29, 1.82) is 5.26 Å². The molecule has 0 fully saturated rings. The summed E-state index contributed by atoms with van der Waals surface area (Å²) in [5.41, 5.74) is 2.47. The summed E-state index contributed by atoms with van der Waals surface area (Å²) in [7, 11) is 0. The Morgan fingerprint density at radius 3 is 3.00 bits per heavy atom. The Morgan fingerprint density at radius 2 is 2.38 bits per heavy atom. The minimum absolute atomic E-state index is 0.626. The van der Waals surface area contributed by atoms with E-state index in [2.05, 4.69) is 36.9 Å². The number of nitriles is 1. The normalized spacial score (nSPS) is 9.75. The summed E-state index contributed by atoms with van der Waals surface area (Å²) >= 11 is 4.73. The molecule has 1 N–H and O–H groups in total. The van der Waals surface area contributed by atoms with E-state index in [-0.39, 0.29) is 0 Å². The third kappa shape index (κ3) is 2.56. The summed E-state index contributed by atoms with van der Waals surface area (Å²) in [6, 6.07) is 7.50. The smallest absolute Gasteiger partial charge is 0.0992 e. The minimum Gasteiger partial charge on any atom is -0.378 e. The number of benzene rings is 1. The number of nitrogens with one attached hydrogen (secondary N) is 1. The van der Waals surface area contributed by atoms with E-state index in [0.29, 0.717) is 12.1 Å². The number of hydrogen-bond donors (Lipinski definition) is 1. The van der Waals surface area contributed by atoms with Gasteiger partial charge in [-0.1, -0.05) is 4.49 Å². The minimum atomic E-state index is 0.626. The molecule has 80 valence electrons. The van der Waals surface area contributed by atoms with E-state index in [0.717, 1.165) is 15.9 Å². The average Bonchev–Trinajstić information content (AvgIpc) is 2.80. The van der Waals surface area contributed by atoms with Crippen molar-refractivity contribution >= 4 is 33.1 Å². The van der Waals surface area contributed by atoms with E-state index >= 15 is 0 Å². The van der Waals surface area contributed by atoms with Gasteiger partial charge in [-0.2, -0.15) is 5.26 Å². The van der Waals surface area contributed by atoms with Crippen molar-refractivity contribution in [2.24, 2.45) is 0 Å².